The molecule has 26 heavy (non-hydrogen) atoms. The molecular weight excluding hydrogens is 529 g/mol. The van der Waals surface area contributed by atoms with Gasteiger partial charge in [0.1, 0.15) is 6.04 Å². The van der Waals surface area contributed by atoms with Crippen molar-refractivity contribution in [1.29, 1.82) is 0 Å². The van der Waals surface area contributed by atoms with Gasteiger partial charge in [-0.25, -0.2) is 4.79 Å². The van der Waals surface area contributed by atoms with E-state index in [-0.39, 0.29) is 5.56 Å². The average Bonchev–Trinajstić information content (AvgIpc) is 3.09. The third kappa shape index (κ3) is 2.90. The molecule has 2 aromatic carbocycles. The second-order valence-corrected chi connectivity index (χ2v) is 8.95. The molecule has 132 valence electrons. The quantitative estimate of drug-likeness (QED) is 0.489. The Morgan fingerprint density at radius 3 is 2.77 bits per heavy atom. The summed E-state index contributed by atoms with van der Waals surface area (Å²) in [5.41, 5.74) is 1.79. The zero-order valence-electron chi connectivity index (χ0n) is 13.4. The van der Waals surface area contributed by atoms with Crippen molar-refractivity contribution in [2.75, 3.05) is 5.75 Å². The molecule has 1 N–H and O–H groups in total. The number of rotatable bonds is 3. The Labute approximate surface area is 175 Å². The van der Waals surface area contributed by atoms with E-state index in [1.807, 2.05) is 18.2 Å². The fourth-order valence-electron chi connectivity index (χ4n) is 3.28. The standard InChI is InChI=1S/C19H13BrINO3S/c20-15-13(8-11-6-3-5-10-4-1-2-7-12(10)11)16(21)18-22(17(15)23)14(9-26-18)19(24)25/h1-7,14H,8-9H2,(H,24,25)/t14-/m0/s1. The summed E-state index contributed by atoms with van der Waals surface area (Å²) in [6.45, 7) is 0. The predicted molar refractivity (Wildman–Crippen MR) is 115 cm³/mol. The van der Waals surface area contributed by atoms with Crippen molar-refractivity contribution in [3.8, 4) is 0 Å². The van der Waals surface area contributed by atoms with Crippen molar-refractivity contribution in [3.05, 3.63) is 72.0 Å². The molecule has 0 unspecified atom stereocenters. The molecule has 1 atom stereocenters. The lowest BCUT2D eigenvalue weighted by Gasteiger charge is -2.16. The van der Waals surface area contributed by atoms with Crippen LogP contribution in [-0.2, 0) is 11.2 Å². The average molecular weight is 542 g/mol. The molecule has 0 radical (unpaired) electrons. The van der Waals surface area contributed by atoms with Crippen LogP contribution in [0, 0.1) is 3.57 Å². The molecular formula is C19H13BrINO3S. The highest BCUT2D eigenvalue weighted by Gasteiger charge is 2.33. The van der Waals surface area contributed by atoms with Crippen molar-refractivity contribution >= 4 is 67.0 Å². The Morgan fingerprint density at radius 1 is 1.27 bits per heavy atom. The molecule has 1 aliphatic rings. The van der Waals surface area contributed by atoms with Gasteiger partial charge < -0.3 is 5.11 Å². The van der Waals surface area contributed by atoms with E-state index in [0.717, 1.165) is 30.5 Å². The van der Waals surface area contributed by atoms with Crippen LogP contribution >= 0.6 is 50.3 Å². The molecule has 3 aromatic rings. The van der Waals surface area contributed by atoms with E-state index in [2.05, 4.69) is 62.8 Å². The van der Waals surface area contributed by atoms with E-state index in [9.17, 15) is 14.7 Å². The normalized spacial score (nSPS) is 16.0. The minimum absolute atomic E-state index is 0.270. The van der Waals surface area contributed by atoms with Crippen molar-refractivity contribution < 1.29 is 9.90 Å². The number of pyridine rings is 1. The largest absolute Gasteiger partial charge is 0.480 e. The molecule has 7 heteroatoms. The number of aliphatic carboxylic acids is 1. The Hall–Kier alpha value is -1.32. The van der Waals surface area contributed by atoms with Gasteiger partial charge in [-0.05, 0) is 60.4 Å². The molecule has 0 aliphatic carbocycles. The van der Waals surface area contributed by atoms with E-state index in [4.69, 9.17) is 0 Å². The first-order valence-electron chi connectivity index (χ1n) is 7.93. The number of benzene rings is 2. The summed E-state index contributed by atoms with van der Waals surface area (Å²) in [7, 11) is 0. The van der Waals surface area contributed by atoms with Crippen LogP contribution in [-0.4, -0.2) is 21.4 Å². The highest BCUT2D eigenvalue weighted by Crippen LogP contribution is 2.39. The van der Waals surface area contributed by atoms with Crippen molar-refractivity contribution in [2.45, 2.75) is 17.5 Å². The summed E-state index contributed by atoms with van der Waals surface area (Å²) in [5.74, 6) is -0.590. The van der Waals surface area contributed by atoms with Gasteiger partial charge in [0.15, 0.2) is 0 Å². The number of nitrogens with zero attached hydrogens (tertiary/aromatic N) is 1. The van der Waals surface area contributed by atoms with E-state index >= 15 is 0 Å². The Bertz CT molecular complexity index is 1110. The molecule has 0 saturated heterocycles. The first-order valence-corrected chi connectivity index (χ1v) is 10.8. The Kier molecular flexibility index (Phi) is 4.87. The van der Waals surface area contributed by atoms with Gasteiger partial charge in [0.2, 0.25) is 0 Å². The number of carboxylic acid groups (broad SMARTS) is 1. The molecule has 0 saturated carbocycles. The van der Waals surface area contributed by atoms with Gasteiger partial charge in [-0.15, -0.1) is 11.8 Å². The molecule has 4 rings (SSSR count). The number of carboxylic acids is 1. The van der Waals surface area contributed by atoms with Crippen molar-refractivity contribution in [1.82, 2.24) is 4.57 Å². The van der Waals surface area contributed by atoms with Gasteiger partial charge >= 0.3 is 5.97 Å². The lowest BCUT2D eigenvalue weighted by atomic mass is 9.99. The van der Waals surface area contributed by atoms with Gasteiger partial charge in [0.05, 0.1) is 9.50 Å². The Morgan fingerprint density at radius 2 is 2.00 bits per heavy atom. The van der Waals surface area contributed by atoms with Gasteiger partial charge in [-0.2, -0.15) is 0 Å². The molecule has 0 amide bonds. The highest BCUT2D eigenvalue weighted by molar-refractivity contribution is 14.1. The molecule has 0 fully saturated rings. The zero-order chi connectivity index (χ0) is 18.4. The van der Waals surface area contributed by atoms with Crippen LogP contribution in [0.2, 0.25) is 0 Å². The first kappa shape index (κ1) is 18.1. The van der Waals surface area contributed by atoms with Gasteiger partial charge in [-0.1, -0.05) is 42.5 Å². The fraction of sp³-hybridized carbons (Fsp3) is 0.158. The molecule has 0 bridgehead atoms. The van der Waals surface area contributed by atoms with Crippen LogP contribution in [0.1, 0.15) is 17.2 Å². The number of carbonyl (C=O) groups is 1. The van der Waals surface area contributed by atoms with Crippen LogP contribution in [0.3, 0.4) is 0 Å². The number of thioether (sulfide) groups is 1. The molecule has 4 nitrogen and oxygen atoms in total. The summed E-state index contributed by atoms with van der Waals surface area (Å²) in [5, 5.41) is 12.5. The lowest BCUT2D eigenvalue weighted by molar-refractivity contribution is -0.140. The monoisotopic (exact) mass is 541 g/mol. The van der Waals surface area contributed by atoms with Crippen LogP contribution < -0.4 is 5.56 Å². The van der Waals surface area contributed by atoms with Crippen molar-refractivity contribution in [3.63, 3.8) is 0 Å². The van der Waals surface area contributed by atoms with Gasteiger partial charge in [0, 0.05) is 15.7 Å². The Balaban J connectivity index is 1.88. The minimum Gasteiger partial charge on any atom is -0.480 e. The number of fused-ring (bicyclic) bond motifs is 2. The van der Waals surface area contributed by atoms with Crippen LogP contribution in [0.15, 0.2) is 56.8 Å². The fourth-order valence-corrected chi connectivity index (χ4v) is 6.57. The van der Waals surface area contributed by atoms with Crippen LogP contribution in [0.4, 0.5) is 0 Å². The maximum Gasteiger partial charge on any atom is 0.327 e. The molecule has 2 heterocycles. The summed E-state index contributed by atoms with van der Waals surface area (Å²) in [6.07, 6.45) is 0.613. The van der Waals surface area contributed by atoms with E-state index in [0.29, 0.717) is 16.6 Å². The second kappa shape index (κ2) is 7.01. The molecule has 0 spiro atoms. The molecule has 1 aliphatic heterocycles. The number of hydrogen-bond donors (Lipinski definition) is 1. The maximum atomic E-state index is 12.8. The lowest BCUT2D eigenvalue weighted by Crippen LogP contribution is -2.30. The number of hydrogen-bond acceptors (Lipinski definition) is 3. The van der Waals surface area contributed by atoms with E-state index in [1.54, 1.807) is 0 Å². The third-order valence-electron chi connectivity index (χ3n) is 4.56. The third-order valence-corrected chi connectivity index (χ3v) is 8.07. The number of aromatic nitrogens is 1. The highest BCUT2D eigenvalue weighted by atomic mass is 127. The topological polar surface area (TPSA) is 59.3 Å². The van der Waals surface area contributed by atoms with Crippen molar-refractivity contribution in [2.24, 2.45) is 0 Å². The smallest absolute Gasteiger partial charge is 0.327 e. The van der Waals surface area contributed by atoms with Crippen LogP contribution in [0.5, 0.6) is 0 Å². The summed E-state index contributed by atoms with van der Waals surface area (Å²) in [4.78, 5) is 24.3. The first-order chi connectivity index (χ1) is 12.5. The second-order valence-electron chi connectivity index (χ2n) is 6.07. The number of halogens is 2. The SMILES string of the molecule is O=C(O)[C@@H]1CSc2c(I)c(Cc3cccc4ccccc34)c(Br)c(=O)n21. The summed E-state index contributed by atoms with van der Waals surface area (Å²) in [6, 6.07) is 13.5. The predicted octanol–water partition coefficient (Wildman–Crippen LogP) is 4.69. The molecule has 1 aromatic heterocycles. The van der Waals surface area contributed by atoms with E-state index < -0.39 is 12.0 Å². The van der Waals surface area contributed by atoms with Crippen LogP contribution in [0.25, 0.3) is 10.8 Å². The minimum atomic E-state index is -0.970. The van der Waals surface area contributed by atoms with Gasteiger partial charge in [-0.3, -0.25) is 9.36 Å². The summed E-state index contributed by atoms with van der Waals surface area (Å²) < 4.78 is 2.80. The summed E-state index contributed by atoms with van der Waals surface area (Å²) >= 11 is 7.11. The zero-order valence-corrected chi connectivity index (χ0v) is 18.0. The maximum absolute atomic E-state index is 12.8. The van der Waals surface area contributed by atoms with Gasteiger partial charge in [0.25, 0.3) is 5.56 Å². The van der Waals surface area contributed by atoms with E-state index in [1.165, 1.54) is 16.3 Å².